The minimum absolute atomic E-state index is 0.169. The molecule has 1 atom stereocenters. The maximum absolute atomic E-state index is 10.2. The van der Waals surface area contributed by atoms with Gasteiger partial charge in [0, 0.05) is 19.1 Å². The first-order chi connectivity index (χ1) is 4.86. The van der Waals surface area contributed by atoms with Gasteiger partial charge in [-0.1, -0.05) is 0 Å². The fraction of sp³-hybridized carbons (Fsp3) is 0.667. The molecule has 1 heterocycles. The second-order valence-corrected chi connectivity index (χ2v) is 2.37. The van der Waals surface area contributed by atoms with E-state index in [1.54, 1.807) is 4.90 Å². The average Bonchev–Trinajstić information content (AvgIpc) is 2.37. The van der Waals surface area contributed by atoms with Crippen LogP contribution in [0.4, 0.5) is 0 Å². The van der Waals surface area contributed by atoms with Gasteiger partial charge in [0.25, 0.3) is 0 Å². The lowest BCUT2D eigenvalue weighted by molar-refractivity contribution is -0.117. The number of carbonyl (C=O) groups is 2. The average molecular weight is 142 g/mol. The molecule has 1 fully saturated rings. The molecular formula is C6H10N2O2. The largest absolute Gasteiger partial charge is 0.354 e. The van der Waals surface area contributed by atoms with Gasteiger partial charge in [0.15, 0.2) is 0 Å². The van der Waals surface area contributed by atoms with E-state index in [-0.39, 0.29) is 6.04 Å². The quantitative estimate of drug-likeness (QED) is 0.512. The predicted octanol–water partition coefficient (Wildman–Crippen LogP) is -1.04. The van der Waals surface area contributed by atoms with Crippen LogP contribution in [0, 0.1) is 0 Å². The Hall–Kier alpha value is -1.06. The number of amides is 2. The number of likely N-dealkylation sites (tertiary alicyclic amines) is 1. The fourth-order valence-electron chi connectivity index (χ4n) is 1.12. The summed E-state index contributed by atoms with van der Waals surface area (Å²) in [5.74, 6) is 0. The van der Waals surface area contributed by atoms with Crippen LogP contribution in [0.15, 0.2) is 0 Å². The third-order valence-electron chi connectivity index (χ3n) is 1.67. The zero-order chi connectivity index (χ0) is 7.40. The number of nitrogens with one attached hydrogen (secondary N) is 1. The van der Waals surface area contributed by atoms with Gasteiger partial charge in [-0.25, -0.2) is 0 Å². The van der Waals surface area contributed by atoms with Crippen LogP contribution in [0.2, 0.25) is 0 Å². The molecule has 1 aliphatic heterocycles. The SMILES string of the molecule is O=CNC1CCN(C=O)C1. The Morgan fingerprint density at radius 3 is 2.80 bits per heavy atom. The summed E-state index contributed by atoms with van der Waals surface area (Å²) in [5, 5.41) is 2.63. The molecule has 1 aliphatic rings. The van der Waals surface area contributed by atoms with Crippen molar-refractivity contribution in [3.05, 3.63) is 0 Å². The first kappa shape index (κ1) is 7.05. The Labute approximate surface area is 59.2 Å². The molecule has 1 unspecified atom stereocenters. The standard InChI is InChI=1S/C6H10N2O2/c9-4-7-6-1-2-8(3-6)5-10/h4-6H,1-3H2,(H,7,9). The summed E-state index contributed by atoms with van der Waals surface area (Å²) >= 11 is 0. The molecule has 0 bridgehead atoms. The van der Waals surface area contributed by atoms with Gasteiger partial charge in [0.2, 0.25) is 12.8 Å². The van der Waals surface area contributed by atoms with Gasteiger partial charge < -0.3 is 10.2 Å². The number of rotatable bonds is 3. The van der Waals surface area contributed by atoms with Gasteiger partial charge in [-0.3, -0.25) is 9.59 Å². The first-order valence-corrected chi connectivity index (χ1v) is 3.26. The summed E-state index contributed by atoms with van der Waals surface area (Å²) in [6, 6.07) is 0.169. The molecular weight excluding hydrogens is 132 g/mol. The van der Waals surface area contributed by atoms with E-state index in [1.807, 2.05) is 0 Å². The Morgan fingerprint density at radius 1 is 1.50 bits per heavy atom. The van der Waals surface area contributed by atoms with Gasteiger partial charge in [-0.05, 0) is 6.42 Å². The second-order valence-electron chi connectivity index (χ2n) is 2.37. The number of hydrogen-bond donors (Lipinski definition) is 1. The van der Waals surface area contributed by atoms with Crippen LogP contribution in [0.1, 0.15) is 6.42 Å². The van der Waals surface area contributed by atoms with Crippen LogP contribution >= 0.6 is 0 Å². The van der Waals surface area contributed by atoms with Crippen molar-refractivity contribution in [2.45, 2.75) is 12.5 Å². The molecule has 2 amide bonds. The van der Waals surface area contributed by atoms with E-state index < -0.39 is 0 Å². The Balaban J connectivity index is 2.27. The van der Waals surface area contributed by atoms with E-state index in [4.69, 9.17) is 0 Å². The first-order valence-electron chi connectivity index (χ1n) is 3.26. The van der Waals surface area contributed by atoms with E-state index in [1.165, 1.54) is 0 Å². The van der Waals surface area contributed by atoms with Crippen molar-refractivity contribution in [1.29, 1.82) is 0 Å². The highest BCUT2D eigenvalue weighted by atomic mass is 16.1. The fourth-order valence-corrected chi connectivity index (χ4v) is 1.12. The molecule has 1 rings (SSSR count). The lowest BCUT2D eigenvalue weighted by Gasteiger charge is -2.08. The molecule has 56 valence electrons. The van der Waals surface area contributed by atoms with Gasteiger partial charge in [-0.15, -0.1) is 0 Å². The Morgan fingerprint density at radius 2 is 2.30 bits per heavy atom. The molecule has 0 aromatic heterocycles. The molecule has 1 saturated heterocycles. The van der Waals surface area contributed by atoms with Crippen LogP contribution < -0.4 is 5.32 Å². The highest BCUT2D eigenvalue weighted by Crippen LogP contribution is 2.04. The minimum Gasteiger partial charge on any atom is -0.354 e. The molecule has 0 aromatic carbocycles. The van der Waals surface area contributed by atoms with Crippen molar-refractivity contribution in [3.63, 3.8) is 0 Å². The molecule has 0 radical (unpaired) electrons. The smallest absolute Gasteiger partial charge is 0.209 e. The summed E-state index contributed by atoms with van der Waals surface area (Å²) < 4.78 is 0. The number of nitrogens with zero attached hydrogens (tertiary/aromatic N) is 1. The van der Waals surface area contributed by atoms with Crippen molar-refractivity contribution in [2.75, 3.05) is 13.1 Å². The summed E-state index contributed by atoms with van der Waals surface area (Å²) in [4.78, 5) is 21.8. The minimum atomic E-state index is 0.169. The molecule has 10 heavy (non-hydrogen) atoms. The van der Waals surface area contributed by atoms with Crippen LogP contribution in [0.25, 0.3) is 0 Å². The highest BCUT2D eigenvalue weighted by Gasteiger charge is 2.19. The van der Waals surface area contributed by atoms with Gasteiger partial charge in [0.05, 0.1) is 0 Å². The lowest BCUT2D eigenvalue weighted by Crippen LogP contribution is -2.30. The normalized spacial score (nSPS) is 24.4. The predicted molar refractivity (Wildman–Crippen MR) is 35.2 cm³/mol. The second kappa shape index (κ2) is 3.20. The van der Waals surface area contributed by atoms with Gasteiger partial charge in [-0.2, -0.15) is 0 Å². The molecule has 1 N–H and O–H groups in total. The van der Waals surface area contributed by atoms with Crippen molar-refractivity contribution < 1.29 is 9.59 Å². The molecule has 4 nitrogen and oxygen atoms in total. The molecule has 0 spiro atoms. The van der Waals surface area contributed by atoms with Crippen LogP contribution in [0.3, 0.4) is 0 Å². The monoisotopic (exact) mass is 142 g/mol. The van der Waals surface area contributed by atoms with Crippen LogP contribution in [-0.4, -0.2) is 36.9 Å². The summed E-state index contributed by atoms with van der Waals surface area (Å²) in [7, 11) is 0. The molecule has 0 aliphatic carbocycles. The van der Waals surface area contributed by atoms with Crippen LogP contribution in [0.5, 0.6) is 0 Å². The summed E-state index contributed by atoms with van der Waals surface area (Å²) in [6.07, 6.45) is 2.36. The van der Waals surface area contributed by atoms with E-state index in [0.717, 1.165) is 19.4 Å². The van der Waals surface area contributed by atoms with Crippen LogP contribution in [-0.2, 0) is 9.59 Å². The Kier molecular flexibility index (Phi) is 2.25. The zero-order valence-corrected chi connectivity index (χ0v) is 5.62. The van der Waals surface area contributed by atoms with Crippen molar-refractivity contribution >= 4 is 12.8 Å². The van der Waals surface area contributed by atoms with E-state index in [2.05, 4.69) is 5.32 Å². The molecule has 0 aromatic rings. The molecule has 4 heteroatoms. The van der Waals surface area contributed by atoms with Crippen molar-refractivity contribution in [1.82, 2.24) is 10.2 Å². The van der Waals surface area contributed by atoms with Crippen molar-refractivity contribution in [3.8, 4) is 0 Å². The lowest BCUT2D eigenvalue weighted by atomic mass is 10.3. The van der Waals surface area contributed by atoms with Crippen molar-refractivity contribution in [2.24, 2.45) is 0 Å². The topological polar surface area (TPSA) is 49.4 Å². The van der Waals surface area contributed by atoms with E-state index in [0.29, 0.717) is 13.0 Å². The molecule has 0 saturated carbocycles. The van der Waals surface area contributed by atoms with E-state index >= 15 is 0 Å². The third-order valence-corrected chi connectivity index (χ3v) is 1.67. The zero-order valence-electron chi connectivity index (χ0n) is 5.62. The Bertz CT molecular complexity index is 138. The maximum Gasteiger partial charge on any atom is 0.209 e. The number of carbonyl (C=O) groups excluding carboxylic acids is 2. The van der Waals surface area contributed by atoms with E-state index in [9.17, 15) is 9.59 Å². The summed E-state index contributed by atoms with van der Waals surface area (Å²) in [6.45, 7) is 1.41. The highest BCUT2D eigenvalue weighted by molar-refractivity contribution is 5.50. The third kappa shape index (κ3) is 1.46. The van der Waals surface area contributed by atoms with Gasteiger partial charge >= 0.3 is 0 Å². The number of hydrogen-bond acceptors (Lipinski definition) is 2. The maximum atomic E-state index is 10.2. The van der Waals surface area contributed by atoms with Gasteiger partial charge in [0.1, 0.15) is 0 Å². The summed E-state index contributed by atoms with van der Waals surface area (Å²) in [5.41, 5.74) is 0.